The van der Waals surface area contributed by atoms with Gasteiger partial charge in [-0.1, -0.05) is 18.2 Å². The van der Waals surface area contributed by atoms with Gasteiger partial charge in [-0.25, -0.2) is 9.67 Å². The fourth-order valence-electron chi connectivity index (χ4n) is 2.82. The van der Waals surface area contributed by atoms with E-state index in [0.717, 1.165) is 16.9 Å². The van der Waals surface area contributed by atoms with E-state index in [0.29, 0.717) is 17.9 Å². The molecule has 1 aromatic carbocycles. The van der Waals surface area contributed by atoms with E-state index in [2.05, 4.69) is 45.4 Å². The molecule has 3 aromatic heterocycles. The van der Waals surface area contributed by atoms with Gasteiger partial charge >= 0.3 is 0 Å². The third-order valence-corrected chi connectivity index (χ3v) is 4.26. The number of halogens is 1. The predicted molar refractivity (Wildman–Crippen MR) is 100 cm³/mol. The van der Waals surface area contributed by atoms with Crippen molar-refractivity contribution in [3.05, 3.63) is 59.9 Å². The van der Waals surface area contributed by atoms with Gasteiger partial charge in [0.2, 0.25) is 5.28 Å². The van der Waals surface area contributed by atoms with Crippen molar-refractivity contribution in [1.82, 2.24) is 29.3 Å². The third-order valence-electron chi connectivity index (χ3n) is 4.09. The Bertz CT molecular complexity index is 1040. The smallest absolute Gasteiger partial charge is 0.226 e. The molecular formula is C18H17ClN7. The number of nitrogens with zero attached hydrogens (tertiary/aromatic N) is 6. The average Bonchev–Trinajstić information content (AvgIpc) is 3.29. The molecule has 4 aromatic rings. The maximum Gasteiger partial charge on any atom is 0.226 e. The molecule has 0 amide bonds. The minimum Gasteiger partial charge on any atom is -0.364 e. The molecule has 8 heteroatoms. The molecule has 1 N–H and O–H groups in total. The van der Waals surface area contributed by atoms with Crippen molar-refractivity contribution in [3.8, 4) is 5.69 Å². The first-order valence-corrected chi connectivity index (χ1v) is 8.65. The molecule has 0 saturated heterocycles. The quantitative estimate of drug-likeness (QED) is 0.546. The minimum absolute atomic E-state index is 0.192. The summed E-state index contributed by atoms with van der Waals surface area (Å²) in [6.45, 7) is 4.69. The van der Waals surface area contributed by atoms with Crippen molar-refractivity contribution in [2.75, 3.05) is 5.32 Å². The van der Waals surface area contributed by atoms with Crippen molar-refractivity contribution in [3.63, 3.8) is 0 Å². The Labute approximate surface area is 155 Å². The lowest BCUT2D eigenvalue weighted by Crippen LogP contribution is -2.08. The van der Waals surface area contributed by atoms with Crippen LogP contribution in [-0.2, 0) is 6.54 Å². The molecule has 4 rings (SSSR count). The second kappa shape index (κ2) is 6.76. The van der Waals surface area contributed by atoms with Crippen molar-refractivity contribution >= 4 is 28.6 Å². The van der Waals surface area contributed by atoms with Crippen LogP contribution in [0.3, 0.4) is 0 Å². The van der Waals surface area contributed by atoms with Gasteiger partial charge in [-0.2, -0.15) is 15.1 Å². The van der Waals surface area contributed by atoms with E-state index in [-0.39, 0.29) is 11.3 Å². The van der Waals surface area contributed by atoms with Crippen LogP contribution in [0.2, 0.25) is 5.28 Å². The Kier molecular flexibility index (Phi) is 4.30. The first kappa shape index (κ1) is 16.5. The maximum absolute atomic E-state index is 6.13. The molecule has 3 heterocycles. The monoisotopic (exact) mass is 366 g/mol. The molecule has 0 fully saturated rings. The Morgan fingerprint density at radius 1 is 1.23 bits per heavy atom. The molecule has 0 saturated carbocycles. The predicted octanol–water partition coefficient (Wildman–Crippen LogP) is 3.66. The number of nitrogens with one attached hydrogen (secondary N) is 1. The fraction of sp³-hybridized carbons (Fsp3) is 0.222. The van der Waals surface area contributed by atoms with Crippen LogP contribution >= 0.6 is 11.6 Å². The van der Waals surface area contributed by atoms with Crippen LogP contribution in [0.15, 0.2) is 42.9 Å². The van der Waals surface area contributed by atoms with Gasteiger partial charge in [0.05, 0.1) is 12.0 Å². The molecule has 0 aliphatic heterocycles. The summed E-state index contributed by atoms with van der Waals surface area (Å²) in [6, 6.07) is 10.0. The number of anilines is 1. The van der Waals surface area contributed by atoms with Crippen LogP contribution in [0.1, 0.15) is 25.5 Å². The molecule has 26 heavy (non-hydrogen) atoms. The minimum atomic E-state index is 0.192. The van der Waals surface area contributed by atoms with E-state index in [1.807, 2.05) is 35.0 Å². The van der Waals surface area contributed by atoms with E-state index in [9.17, 15) is 0 Å². The van der Waals surface area contributed by atoms with E-state index < -0.39 is 0 Å². The van der Waals surface area contributed by atoms with E-state index in [1.54, 1.807) is 17.1 Å². The zero-order chi connectivity index (χ0) is 18.1. The summed E-state index contributed by atoms with van der Waals surface area (Å²) in [5.41, 5.74) is 3.46. The van der Waals surface area contributed by atoms with Crippen molar-refractivity contribution in [2.45, 2.75) is 26.4 Å². The Hall–Kier alpha value is -2.93. The first-order chi connectivity index (χ1) is 12.6. The zero-order valence-corrected chi connectivity index (χ0v) is 15.1. The Morgan fingerprint density at radius 2 is 2.08 bits per heavy atom. The highest BCUT2D eigenvalue weighted by Crippen LogP contribution is 2.24. The molecule has 131 valence electrons. The van der Waals surface area contributed by atoms with Gasteiger partial charge in [-0.05, 0) is 43.1 Å². The van der Waals surface area contributed by atoms with Gasteiger partial charge in [-0.15, -0.1) is 0 Å². The summed E-state index contributed by atoms with van der Waals surface area (Å²) >= 11 is 6.13. The molecule has 0 atom stereocenters. The summed E-state index contributed by atoms with van der Waals surface area (Å²) in [5, 5.41) is 7.72. The lowest BCUT2D eigenvalue weighted by molar-refractivity contribution is 0.612. The number of benzene rings is 1. The largest absolute Gasteiger partial charge is 0.364 e. The van der Waals surface area contributed by atoms with Crippen molar-refractivity contribution < 1.29 is 0 Å². The maximum atomic E-state index is 6.13. The molecule has 7 nitrogen and oxygen atoms in total. The lowest BCUT2D eigenvalue weighted by Gasteiger charge is -2.12. The molecule has 1 radical (unpaired) electrons. The Balaban J connectivity index is 1.68. The van der Waals surface area contributed by atoms with Crippen LogP contribution in [0.25, 0.3) is 16.9 Å². The Morgan fingerprint density at radius 3 is 2.85 bits per heavy atom. The van der Waals surface area contributed by atoms with Crippen molar-refractivity contribution in [2.24, 2.45) is 0 Å². The number of hydrogen-bond acceptors (Lipinski definition) is 5. The summed E-state index contributed by atoms with van der Waals surface area (Å²) < 4.78 is 3.76. The molecule has 0 aliphatic carbocycles. The number of hydrogen-bond donors (Lipinski definition) is 1. The van der Waals surface area contributed by atoms with Crippen LogP contribution in [-0.4, -0.2) is 29.3 Å². The van der Waals surface area contributed by atoms with Crippen LogP contribution in [0.4, 0.5) is 5.82 Å². The number of fused-ring (bicyclic) bond motifs is 1. The summed E-state index contributed by atoms with van der Waals surface area (Å²) in [6.07, 6.45) is 6.44. The first-order valence-electron chi connectivity index (χ1n) is 8.27. The molecular weight excluding hydrogens is 350 g/mol. The highest BCUT2D eigenvalue weighted by molar-refractivity contribution is 6.28. The fourth-order valence-corrected chi connectivity index (χ4v) is 2.99. The number of rotatable bonds is 5. The molecule has 0 bridgehead atoms. The molecule has 0 aliphatic rings. The van der Waals surface area contributed by atoms with Crippen LogP contribution < -0.4 is 5.32 Å². The van der Waals surface area contributed by atoms with E-state index in [4.69, 9.17) is 11.6 Å². The molecule has 0 spiro atoms. The summed E-state index contributed by atoms with van der Waals surface area (Å²) in [4.78, 5) is 13.1. The zero-order valence-electron chi connectivity index (χ0n) is 14.4. The van der Waals surface area contributed by atoms with Gasteiger partial charge in [0, 0.05) is 18.8 Å². The van der Waals surface area contributed by atoms with Gasteiger partial charge in [0.25, 0.3) is 0 Å². The lowest BCUT2D eigenvalue weighted by atomic mass is 10.2. The van der Waals surface area contributed by atoms with Gasteiger partial charge in [0.1, 0.15) is 6.20 Å². The summed E-state index contributed by atoms with van der Waals surface area (Å²) in [5.74, 6) is 0.612. The van der Waals surface area contributed by atoms with Crippen molar-refractivity contribution in [1.29, 1.82) is 0 Å². The summed E-state index contributed by atoms with van der Waals surface area (Å²) in [7, 11) is 0. The number of para-hydroxylation sites is 1. The van der Waals surface area contributed by atoms with E-state index in [1.165, 1.54) is 0 Å². The number of aromatic nitrogens is 6. The third kappa shape index (κ3) is 3.01. The second-order valence-electron chi connectivity index (χ2n) is 6.13. The topological polar surface area (TPSA) is 73.5 Å². The highest BCUT2D eigenvalue weighted by atomic mass is 35.5. The standard InChI is InChI=1S/C18H17ClN7/c1-12(2)25-11-21-15-16(23-18(19)24-17(15)25)20-10-13-6-3-4-7-14(13)26-9-5-8-22-26/h3-7,9,11-12H,10H2,1-2H3,(H,20,23,24). The van der Waals surface area contributed by atoms with Crippen LogP contribution in [0.5, 0.6) is 0 Å². The van der Waals surface area contributed by atoms with E-state index >= 15 is 0 Å². The average molecular weight is 367 g/mol. The molecule has 0 unspecified atom stereocenters. The normalized spacial score (nSPS) is 11.4. The SMILES string of the molecule is CC(C)n1cnc2c(NCc3ccccc3-n3cc[c]n3)nc(Cl)nc21. The van der Waals surface area contributed by atoms with Crippen LogP contribution in [0, 0.1) is 6.20 Å². The van der Waals surface area contributed by atoms with Gasteiger partial charge in [-0.3, -0.25) is 0 Å². The van der Waals surface area contributed by atoms with Gasteiger partial charge < -0.3 is 9.88 Å². The second-order valence-corrected chi connectivity index (χ2v) is 6.47. The number of imidazole rings is 1. The highest BCUT2D eigenvalue weighted by Gasteiger charge is 2.14. The van der Waals surface area contributed by atoms with Gasteiger partial charge in [0.15, 0.2) is 17.0 Å².